The fraction of sp³-hybridized carbons (Fsp3) is 0.562. The topological polar surface area (TPSA) is 47.6 Å². The predicted octanol–water partition coefficient (Wildman–Crippen LogP) is 3.09. The highest BCUT2D eigenvalue weighted by molar-refractivity contribution is 6.32. The second kappa shape index (κ2) is 6.24. The average molecular weight is 310 g/mol. The van der Waals surface area contributed by atoms with E-state index < -0.39 is 6.10 Å². The quantitative estimate of drug-likeness (QED) is 0.909. The van der Waals surface area contributed by atoms with Crippen molar-refractivity contribution in [1.29, 1.82) is 0 Å². The molecule has 1 aliphatic carbocycles. The summed E-state index contributed by atoms with van der Waals surface area (Å²) in [5.74, 6) is 1.26. The van der Waals surface area contributed by atoms with Crippen LogP contribution in [0.4, 0.5) is 0 Å². The zero-order chi connectivity index (χ0) is 14.8. The Bertz CT molecular complexity index is 530. The van der Waals surface area contributed by atoms with Crippen LogP contribution in [0.1, 0.15) is 37.8 Å². The molecule has 2 aliphatic rings. The van der Waals surface area contributed by atoms with Gasteiger partial charge in [-0.25, -0.2) is 0 Å². The van der Waals surface area contributed by atoms with Crippen molar-refractivity contribution in [3.8, 4) is 5.75 Å². The minimum absolute atomic E-state index is 0.0630. The molecule has 0 bridgehead atoms. The van der Waals surface area contributed by atoms with E-state index in [1.807, 2.05) is 12.1 Å². The molecule has 114 valence electrons. The van der Waals surface area contributed by atoms with Crippen molar-refractivity contribution in [2.24, 2.45) is 5.92 Å². The van der Waals surface area contributed by atoms with Crippen LogP contribution >= 0.6 is 11.6 Å². The third-order valence-corrected chi connectivity index (χ3v) is 4.29. The molecule has 1 N–H and O–H groups in total. The van der Waals surface area contributed by atoms with Crippen LogP contribution in [0.25, 0.3) is 0 Å². The molecule has 0 unspecified atom stereocenters. The summed E-state index contributed by atoms with van der Waals surface area (Å²) in [7, 11) is 0. The maximum atomic E-state index is 12.2. The molecular weight excluding hydrogens is 290 g/mol. The van der Waals surface area contributed by atoms with Gasteiger partial charge in [-0.2, -0.15) is 0 Å². The number of hydrogen-bond acceptors (Lipinski definition) is 3. The van der Waals surface area contributed by atoms with Crippen molar-refractivity contribution in [1.82, 2.24) is 5.32 Å². The molecule has 0 radical (unpaired) electrons. The molecule has 4 nitrogen and oxygen atoms in total. The molecule has 2 atom stereocenters. The summed E-state index contributed by atoms with van der Waals surface area (Å²) in [5, 5.41) is 3.63. The number of benzene rings is 1. The Morgan fingerprint density at radius 1 is 1.48 bits per heavy atom. The molecular formula is C16H20ClNO3. The van der Waals surface area contributed by atoms with Gasteiger partial charge in [-0.05, 0) is 31.7 Å². The summed E-state index contributed by atoms with van der Waals surface area (Å²) >= 11 is 6.14. The summed E-state index contributed by atoms with van der Waals surface area (Å²) in [6, 6.07) is 5.56. The summed E-state index contributed by atoms with van der Waals surface area (Å²) in [4.78, 5) is 12.2. The van der Waals surface area contributed by atoms with Crippen LogP contribution in [0.5, 0.6) is 5.75 Å². The Morgan fingerprint density at radius 3 is 3.05 bits per heavy atom. The zero-order valence-corrected chi connectivity index (χ0v) is 12.9. The predicted molar refractivity (Wildman–Crippen MR) is 80.6 cm³/mol. The van der Waals surface area contributed by atoms with Gasteiger partial charge in [0, 0.05) is 12.0 Å². The zero-order valence-electron chi connectivity index (χ0n) is 12.1. The molecule has 0 spiro atoms. The van der Waals surface area contributed by atoms with Crippen molar-refractivity contribution in [2.45, 2.75) is 38.3 Å². The lowest BCUT2D eigenvalue weighted by molar-refractivity contribution is -0.133. The highest BCUT2D eigenvalue weighted by Crippen LogP contribution is 2.37. The van der Waals surface area contributed by atoms with Crippen LogP contribution in [0.2, 0.25) is 5.02 Å². The van der Waals surface area contributed by atoms with E-state index in [9.17, 15) is 4.79 Å². The smallest absolute Gasteiger partial charge is 0.249 e. The lowest BCUT2D eigenvalue weighted by Gasteiger charge is -2.28. The van der Waals surface area contributed by atoms with E-state index in [0.29, 0.717) is 29.9 Å². The molecule has 1 fully saturated rings. The van der Waals surface area contributed by atoms with Crippen LogP contribution in [0, 0.1) is 5.92 Å². The van der Waals surface area contributed by atoms with Crippen LogP contribution < -0.4 is 10.1 Å². The van der Waals surface area contributed by atoms with Gasteiger partial charge < -0.3 is 14.8 Å². The van der Waals surface area contributed by atoms with Crippen molar-refractivity contribution >= 4 is 17.5 Å². The van der Waals surface area contributed by atoms with Crippen LogP contribution in [0.3, 0.4) is 0 Å². The van der Waals surface area contributed by atoms with Gasteiger partial charge in [-0.1, -0.05) is 23.7 Å². The molecule has 1 amide bonds. The number of hydrogen-bond donors (Lipinski definition) is 1. The molecule has 5 heteroatoms. The number of ether oxygens (including phenoxy) is 2. The molecule has 1 aliphatic heterocycles. The van der Waals surface area contributed by atoms with Crippen molar-refractivity contribution in [2.75, 3.05) is 13.2 Å². The van der Waals surface area contributed by atoms with Gasteiger partial charge in [0.1, 0.15) is 11.9 Å². The number of carbonyl (C=O) groups is 1. The van der Waals surface area contributed by atoms with E-state index in [0.717, 1.165) is 12.0 Å². The lowest BCUT2D eigenvalue weighted by atomic mass is 10.0. The Hall–Kier alpha value is -1.26. The SMILES string of the molecule is C[C@H](OCC1CC1)C(=O)N[C@H]1CCOc2c(Cl)cccc21. The molecule has 1 aromatic rings. The standard InChI is InChI=1S/C16H20ClNO3/c1-10(21-9-11-5-6-11)16(19)18-14-7-8-20-15-12(14)3-2-4-13(15)17/h2-4,10-11,14H,5-9H2,1H3,(H,18,19)/t10-,14-/m0/s1. The largest absolute Gasteiger partial charge is 0.492 e. The second-order valence-corrected chi connectivity index (χ2v) is 6.18. The molecule has 21 heavy (non-hydrogen) atoms. The number of halogens is 1. The summed E-state index contributed by atoms with van der Waals surface area (Å²) in [6.07, 6.45) is 2.77. The molecule has 1 heterocycles. The van der Waals surface area contributed by atoms with Gasteiger partial charge in [-0.15, -0.1) is 0 Å². The minimum atomic E-state index is -0.420. The average Bonchev–Trinajstić information content (AvgIpc) is 3.30. The summed E-state index contributed by atoms with van der Waals surface area (Å²) < 4.78 is 11.2. The molecule has 0 saturated heterocycles. The second-order valence-electron chi connectivity index (χ2n) is 5.78. The Labute approximate surface area is 129 Å². The van der Waals surface area contributed by atoms with Crippen molar-refractivity contribution in [3.05, 3.63) is 28.8 Å². The highest BCUT2D eigenvalue weighted by atomic mass is 35.5. The van der Waals surface area contributed by atoms with E-state index >= 15 is 0 Å². The normalized spacial score (nSPS) is 22.1. The van der Waals surface area contributed by atoms with Crippen LogP contribution in [0.15, 0.2) is 18.2 Å². The first kappa shape index (κ1) is 14.7. The van der Waals surface area contributed by atoms with E-state index in [1.165, 1.54) is 12.8 Å². The maximum Gasteiger partial charge on any atom is 0.249 e. The van der Waals surface area contributed by atoms with E-state index in [4.69, 9.17) is 21.1 Å². The maximum absolute atomic E-state index is 12.2. The number of amides is 1. The fourth-order valence-corrected chi connectivity index (χ4v) is 2.70. The van der Waals surface area contributed by atoms with Crippen molar-refractivity contribution in [3.63, 3.8) is 0 Å². The Morgan fingerprint density at radius 2 is 2.29 bits per heavy atom. The van der Waals surface area contributed by atoms with Crippen LogP contribution in [-0.2, 0) is 9.53 Å². The first-order chi connectivity index (χ1) is 10.1. The third-order valence-electron chi connectivity index (χ3n) is 3.99. The molecule has 1 aromatic carbocycles. The molecule has 3 rings (SSSR count). The number of para-hydroxylation sites is 1. The first-order valence-electron chi connectivity index (χ1n) is 7.48. The fourth-order valence-electron chi connectivity index (χ4n) is 2.47. The van der Waals surface area contributed by atoms with Gasteiger partial charge in [0.2, 0.25) is 5.91 Å². The first-order valence-corrected chi connectivity index (χ1v) is 7.86. The van der Waals surface area contributed by atoms with E-state index in [-0.39, 0.29) is 11.9 Å². The van der Waals surface area contributed by atoms with Crippen molar-refractivity contribution < 1.29 is 14.3 Å². The summed E-state index contributed by atoms with van der Waals surface area (Å²) in [6.45, 7) is 3.04. The lowest BCUT2D eigenvalue weighted by Crippen LogP contribution is -2.39. The number of rotatable bonds is 5. The number of fused-ring (bicyclic) bond motifs is 1. The van der Waals surface area contributed by atoms with E-state index in [1.54, 1.807) is 13.0 Å². The van der Waals surface area contributed by atoms with E-state index in [2.05, 4.69) is 5.32 Å². The summed E-state index contributed by atoms with van der Waals surface area (Å²) in [5.41, 5.74) is 0.941. The monoisotopic (exact) mass is 309 g/mol. The van der Waals surface area contributed by atoms with Crippen LogP contribution in [-0.4, -0.2) is 25.2 Å². The van der Waals surface area contributed by atoms with Gasteiger partial charge in [0.15, 0.2) is 0 Å². The number of carbonyl (C=O) groups excluding carboxylic acids is 1. The Kier molecular flexibility index (Phi) is 4.36. The van der Waals surface area contributed by atoms with Gasteiger partial charge in [0.25, 0.3) is 0 Å². The highest BCUT2D eigenvalue weighted by Gasteiger charge is 2.28. The van der Waals surface area contributed by atoms with Gasteiger partial charge in [0.05, 0.1) is 24.3 Å². The molecule has 0 aromatic heterocycles. The van der Waals surface area contributed by atoms with Gasteiger partial charge >= 0.3 is 0 Å². The molecule has 1 saturated carbocycles. The Balaban J connectivity index is 1.62. The third kappa shape index (κ3) is 3.50. The van der Waals surface area contributed by atoms with Gasteiger partial charge in [-0.3, -0.25) is 4.79 Å². The number of nitrogens with one attached hydrogen (secondary N) is 1. The minimum Gasteiger partial charge on any atom is -0.492 e.